The fourth-order valence-electron chi connectivity index (χ4n) is 3.63. The lowest BCUT2D eigenvalue weighted by Crippen LogP contribution is -2.47. The first-order valence-electron chi connectivity index (χ1n) is 9.51. The summed E-state index contributed by atoms with van der Waals surface area (Å²) in [5, 5.41) is 2.37. The number of fused-ring (bicyclic) bond motifs is 1. The second kappa shape index (κ2) is 8.19. The van der Waals surface area contributed by atoms with Gasteiger partial charge in [-0.2, -0.15) is 0 Å². The zero-order valence-electron chi connectivity index (χ0n) is 15.4. The van der Waals surface area contributed by atoms with Gasteiger partial charge in [-0.1, -0.05) is 72.8 Å². The summed E-state index contributed by atoms with van der Waals surface area (Å²) in [5.74, 6) is 0.0993. The first kappa shape index (κ1) is 17.5. The third-order valence-corrected chi connectivity index (χ3v) is 5.16. The Balaban J connectivity index is 1.36. The van der Waals surface area contributed by atoms with E-state index >= 15 is 0 Å². The van der Waals surface area contributed by atoms with Crippen LogP contribution in [-0.2, 0) is 11.3 Å². The van der Waals surface area contributed by atoms with Crippen LogP contribution in [0, 0.1) is 0 Å². The summed E-state index contributed by atoms with van der Waals surface area (Å²) in [5.41, 5.74) is 2.41. The number of benzene rings is 3. The molecule has 3 aromatic carbocycles. The van der Waals surface area contributed by atoms with Crippen LogP contribution >= 0.6 is 0 Å². The summed E-state index contributed by atoms with van der Waals surface area (Å²) < 4.78 is 0. The number of carbonyl (C=O) groups excluding carboxylic acids is 1. The molecule has 136 valence electrons. The van der Waals surface area contributed by atoms with E-state index in [0.717, 1.165) is 38.3 Å². The van der Waals surface area contributed by atoms with Crippen LogP contribution in [0.4, 0.5) is 0 Å². The zero-order valence-corrected chi connectivity index (χ0v) is 15.4. The Labute approximate surface area is 160 Å². The predicted octanol–water partition coefficient (Wildman–Crippen LogP) is 4.20. The largest absolute Gasteiger partial charge is 0.337 e. The Bertz CT molecular complexity index is 936. The van der Waals surface area contributed by atoms with Crippen molar-refractivity contribution < 1.29 is 4.79 Å². The quantitative estimate of drug-likeness (QED) is 0.654. The molecule has 0 aliphatic carbocycles. The van der Waals surface area contributed by atoms with Gasteiger partial charge in [-0.3, -0.25) is 9.69 Å². The van der Waals surface area contributed by atoms with Crippen LogP contribution in [0.3, 0.4) is 0 Å². The summed E-state index contributed by atoms with van der Waals surface area (Å²) in [6, 6.07) is 25.0. The van der Waals surface area contributed by atoms with Crippen LogP contribution in [0.2, 0.25) is 0 Å². The molecule has 4 rings (SSSR count). The van der Waals surface area contributed by atoms with Crippen LogP contribution in [0.5, 0.6) is 0 Å². The fourth-order valence-corrected chi connectivity index (χ4v) is 3.63. The maximum atomic E-state index is 12.6. The fraction of sp³-hybridized carbons (Fsp3) is 0.208. The number of nitrogens with zero attached hydrogens (tertiary/aromatic N) is 2. The number of piperazine rings is 1. The lowest BCUT2D eigenvalue weighted by molar-refractivity contribution is -0.127. The monoisotopic (exact) mass is 356 g/mol. The Morgan fingerprint density at radius 2 is 1.52 bits per heavy atom. The average Bonchev–Trinajstić information content (AvgIpc) is 2.73. The summed E-state index contributed by atoms with van der Waals surface area (Å²) >= 11 is 0. The third kappa shape index (κ3) is 4.26. The van der Waals surface area contributed by atoms with E-state index in [0.29, 0.717) is 0 Å². The smallest absolute Gasteiger partial charge is 0.246 e. The van der Waals surface area contributed by atoms with Gasteiger partial charge < -0.3 is 4.90 Å². The van der Waals surface area contributed by atoms with Crippen molar-refractivity contribution in [2.75, 3.05) is 26.2 Å². The van der Waals surface area contributed by atoms with E-state index in [1.807, 2.05) is 35.2 Å². The van der Waals surface area contributed by atoms with E-state index in [2.05, 4.69) is 53.4 Å². The Morgan fingerprint density at radius 3 is 2.33 bits per heavy atom. The van der Waals surface area contributed by atoms with Crippen LogP contribution in [0.15, 0.2) is 78.9 Å². The molecule has 27 heavy (non-hydrogen) atoms. The molecule has 1 aliphatic heterocycles. The normalized spacial score (nSPS) is 15.5. The van der Waals surface area contributed by atoms with E-state index in [-0.39, 0.29) is 5.91 Å². The molecular formula is C24H24N2O. The van der Waals surface area contributed by atoms with E-state index < -0.39 is 0 Å². The molecule has 0 radical (unpaired) electrons. The zero-order chi connectivity index (χ0) is 18.5. The molecule has 0 aromatic heterocycles. The molecule has 3 nitrogen and oxygen atoms in total. The minimum Gasteiger partial charge on any atom is -0.337 e. The molecule has 3 aromatic rings. The Morgan fingerprint density at radius 1 is 0.815 bits per heavy atom. The maximum absolute atomic E-state index is 12.6. The van der Waals surface area contributed by atoms with Crippen molar-refractivity contribution in [1.29, 1.82) is 0 Å². The van der Waals surface area contributed by atoms with Crippen molar-refractivity contribution in [3.05, 3.63) is 90.0 Å². The highest BCUT2D eigenvalue weighted by Crippen LogP contribution is 2.19. The molecule has 0 saturated carbocycles. The van der Waals surface area contributed by atoms with Gasteiger partial charge in [0.25, 0.3) is 0 Å². The predicted molar refractivity (Wildman–Crippen MR) is 111 cm³/mol. The van der Waals surface area contributed by atoms with Crippen LogP contribution in [0.25, 0.3) is 16.8 Å². The van der Waals surface area contributed by atoms with Crippen molar-refractivity contribution in [3.63, 3.8) is 0 Å². The van der Waals surface area contributed by atoms with Crippen molar-refractivity contribution in [3.8, 4) is 0 Å². The highest BCUT2D eigenvalue weighted by molar-refractivity contribution is 5.96. The minimum atomic E-state index is 0.0993. The van der Waals surface area contributed by atoms with E-state index in [1.54, 1.807) is 6.08 Å². The lowest BCUT2D eigenvalue weighted by atomic mass is 10.0. The number of hydrogen-bond donors (Lipinski definition) is 0. The molecule has 0 unspecified atom stereocenters. The number of rotatable bonds is 4. The molecular weight excluding hydrogens is 332 g/mol. The van der Waals surface area contributed by atoms with Gasteiger partial charge in [0, 0.05) is 38.8 Å². The second-order valence-corrected chi connectivity index (χ2v) is 6.99. The number of amides is 1. The van der Waals surface area contributed by atoms with Crippen LogP contribution in [0.1, 0.15) is 11.1 Å². The molecule has 0 spiro atoms. The molecule has 0 N–H and O–H groups in total. The van der Waals surface area contributed by atoms with Crippen molar-refractivity contribution in [1.82, 2.24) is 9.80 Å². The summed E-state index contributed by atoms with van der Waals surface area (Å²) in [6.45, 7) is 4.36. The standard InChI is InChI=1S/C24H24N2O/c27-24(14-13-22-11-6-10-21-9-4-5-12-23(21)22)26-17-15-25(16-18-26)19-20-7-2-1-3-8-20/h1-14H,15-19H2/b14-13+. The van der Waals surface area contributed by atoms with Gasteiger partial charge in [0.1, 0.15) is 0 Å². The topological polar surface area (TPSA) is 23.6 Å². The van der Waals surface area contributed by atoms with Gasteiger partial charge in [-0.15, -0.1) is 0 Å². The molecule has 0 atom stereocenters. The minimum absolute atomic E-state index is 0.0993. The van der Waals surface area contributed by atoms with Crippen LogP contribution in [-0.4, -0.2) is 41.9 Å². The highest BCUT2D eigenvalue weighted by Gasteiger charge is 2.19. The first-order valence-corrected chi connectivity index (χ1v) is 9.51. The molecule has 3 heteroatoms. The SMILES string of the molecule is O=C(/C=C/c1cccc2ccccc12)N1CCN(Cc2ccccc2)CC1. The van der Waals surface area contributed by atoms with Gasteiger partial charge in [0.15, 0.2) is 0 Å². The first-order chi connectivity index (χ1) is 13.3. The van der Waals surface area contributed by atoms with Gasteiger partial charge in [-0.05, 0) is 28.0 Å². The summed E-state index contributed by atoms with van der Waals surface area (Å²) in [4.78, 5) is 17.0. The van der Waals surface area contributed by atoms with E-state index in [1.165, 1.54) is 16.3 Å². The number of carbonyl (C=O) groups is 1. The molecule has 1 aliphatic rings. The van der Waals surface area contributed by atoms with E-state index in [9.17, 15) is 4.79 Å². The Kier molecular flexibility index (Phi) is 5.31. The molecule has 1 amide bonds. The van der Waals surface area contributed by atoms with E-state index in [4.69, 9.17) is 0 Å². The van der Waals surface area contributed by atoms with Gasteiger partial charge in [0.2, 0.25) is 5.91 Å². The highest BCUT2D eigenvalue weighted by atomic mass is 16.2. The van der Waals surface area contributed by atoms with Crippen molar-refractivity contribution in [2.24, 2.45) is 0 Å². The van der Waals surface area contributed by atoms with Gasteiger partial charge >= 0.3 is 0 Å². The Hall–Kier alpha value is -2.91. The van der Waals surface area contributed by atoms with Gasteiger partial charge in [0.05, 0.1) is 0 Å². The van der Waals surface area contributed by atoms with Crippen LogP contribution < -0.4 is 0 Å². The third-order valence-electron chi connectivity index (χ3n) is 5.16. The lowest BCUT2D eigenvalue weighted by Gasteiger charge is -2.34. The summed E-state index contributed by atoms with van der Waals surface area (Å²) in [6.07, 6.45) is 3.66. The van der Waals surface area contributed by atoms with Gasteiger partial charge in [-0.25, -0.2) is 0 Å². The van der Waals surface area contributed by atoms with Crippen molar-refractivity contribution >= 4 is 22.8 Å². The molecule has 0 bridgehead atoms. The number of hydrogen-bond acceptors (Lipinski definition) is 2. The molecule has 1 saturated heterocycles. The molecule has 1 heterocycles. The maximum Gasteiger partial charge on any atom is 0.246 e. The average molecular weight is 356 g/mol. The molecule has 1 fully saturated rings. The summed E-state index contributed by atoms with van der Waals surface area (Å²) in [7, 11) is 0. The second-order valence-electron chi connectivity index (χ2n) is 6.99. The van der Waals surface area contributed by atoms with Crippen molar-refractivity contribution in [2.45, 2.75) is 6.54 Å².